The molecule has 0 bridgehead atoms. The third-order valence-corrected chi connectivity index (χ3v) is 1.34. The summed E-state index contributed by atoms with van der Waals surface area (Å²) in [5, 5.41) is 4.07. The van der Waals surface area contributed by atoms with Gasteiger partial charge in [0, 0.05) is 6.21 Å². The second kappa shape index (κ2) is 4.54. The van der Waals surface area contributed by atoms with E-state index in [1.807, 2.05) is 36.5 Å². The summed E-state index contributed by atoms with van der Waals surface area (Å²) in [5.74, 6) is 0.487. The lowest BCUT2D eigenvalue weighted by molar-refractivity contribution is 0.904. The average Bonchev–Trinajstić information content (AvgIpc) is 2.05. The fraction of sp³-hybridized carbons (Fsp3) is 0.300. The van der Waals surface area contributed by atoms with E-state index in [0.29, 0.717) is 5.92 Å². The van der Waals surface area contributed by atoms with E-state index in [1.165, 1.54) is 0 Å². The minimum absolute atomic E-state index is 0.487. The molecule has 1 aromatic rings. The van der Waals surface area contributed by atoms with E-state index in [1.54, 1.807) is 0 Å². The van der Waals surface area contributed by atoms with Crippen molar-refractivity contribution < 1.29 is 0 Å². The zero-order chi connectivity index (χ0) is 8.81. The number of hydrogen-bond donors (Lipinski definition) is 1. The largest absolute Gasteiger partial charge is 0.279 e. The van der Waals surface area contributed by atoms with Crippen molar-refractivity contribution in [1.29, 1.82) is 0 Å². The van der Waals surface area contributed by atoms with Crippen molar-refractivity contribution in [2.75, 3.05) is 5.43 Å². The Balaban J connectivity index is 2.43. The summed E-state index contributed by atoms with van der Waals surface area (Å²) in [4.78, 5) is 0. The Morgan fingerprint density at radius 1 is 1.25 bits per heavy atom. The van der Waals surface area contributed by atoms with Gasteiger partial charge in [0.15, 0.2) is 0 Å². The van der Waals surface area contributed by atoms with Gasteiger partial charge >= 0.3 is 0 Å². The lowest BCUT2D eigenvalue weighted by atomic mass is 10.3. The van der Waals surface area contributed by atoms with E-state index >= 15 is 0 Å². The predicted octanol–water partition coefficient (Wildman–Crippen LogP) is 2.74. The summed E-state index contributed by atoms with van der Waals surface area (Å²) >= 11 is 0. The lowest BCUT2D eigenvalue weighted by Gasteiger charge is -1.98. The average molecular weight is 162 g/mol. The smallest absolute Gasteiger partial charge is 0.0561 e. The van der Waals surface area contributed by atoms with Crippen LogP contribution < -0.4 is 5.43 Å². The molecule has 64 valence electrons. The lowest BCUT2D eigenvalue weighted by Crippen LogP contribution is -1.93. The van der Waals surface area contributed by atoms with Crippen molar-refractivity contribution in [2.45, 2.75) is 13.8 Å². The minimum Gasteiger partial charge on any atom is -0.279 e. The maximum atomic E-state index is 4.07. The molecule has 0 aliphatic rings. The summed E-state index contributed by atoms with van der Waals surface area (Å²) in [7, 11) is 0. The third-order valence-electron chi connectivity index (χ3n) is 1.34. The van der Waals surface area contributed by atoms with Crippen LogP contribution in [0.25, 0.3) is 0 Å². The summed E-state index contributed by atoms with van der Waals surface area (Å²) in [6, 6.07) is 9.91. The molecule has 0 unspecified atom stereocenters. The number of nitrogens with zero attached hydrogens (tertiary/aromatic N) is 1. The second-order valence-electron chi connectivity index (χ2n) is 3.00. The van der Waals surface area contributed by atoms with Gasteiger partial charge in [0.05, 0.1) is 5.69 Å². The topological polar surface area (TPSA) is 24.4 Å². The maximum Gasteiger partial charge on any atom is 0.0561 e. The number of benzene rings is 1. The van der Waals surface area contributed by atoms with Crippen LogP contribution in [-0.4, -0.2) is 6.21 Å². The zero-order valence-electron chi connectivity index (χ0n) is 7.49. The Bertz CT molecular complexity index is 239. The monoisotopic (exact) mass is 162 g/mol. The fourth-order valence-electron chi connectivity index (χ4n) is 0.774. The Morgan fingerprint density at radius 3 is 2.50 bits per heavy atom. The van der Waals surface area contributed by atoms with Gasteiger partial charge in [0.1, 0.15) is 0 Å². The number of anilines is 1. The standard InChI is InChI=1S/C10H14N2/c1-9(2)8-11-12-10-6-4-3-5-7-10/h3-9,12H,1-2H3. The van der Waals surface area contributed by atoms with Crippen LogP contribution in [0.5, 0.6) is 0 Å². The molecule has 0 saturated carbocycles. The summed E-state index contributed by atoms with van der Waals surface area (Å²) in [5.41, 5.74) is 3.97. The maximum absolute atomic E-state index is 4.07. The van der Waals surface area contributed by atoms with Crippen LogP contribution in [0.1, 0.15) is 13.8 Å². The van der Waals surface area contributed by atoms with E-state index < -0.39 is 0 Å². The molecule has 0 aliphatic carbocycles. The van der Waals surface area contributed by atoms with Gasteiger partial charge in [-0.2, -0.15) is 5.10 Å². The van der Waals surface area contributed by atoms with Crippen LogP contribution in [0.15, 0.2) is 35.4 Å². The molecule has 12 heavy (non-hydrogen) atoms. The van der Waals surface area contributed by atoms with Crippen LogP contribution in [0.4, 0.5) is 5.69 Å². The van der Waals surface area contributed by atoms with Gasteiger partial charge in [0.2, 0.25) is 0 Å². The minimum atomic E-state index is 0.487. The second-order valence-corrected chi connectivity index (χ2v) is 3.00. The number of rotatable bonds is 3. The highest BCUT2D eigenvalue weighted by Gasteiger charge is 1.85. The summed E-state index contributed by atoms with van der Waals surface area (Å²) in [6.07, 6.45) is 1.88. The van der Waals surface area contributed by atoms with Gasteiger partial charge < -0.3 is 0 Å². The molecule has 0 aliphatic heterocycles. The van der Waals surface area contributed by atoms with Gasteiger partial charge in [-0.25, -0.2) is 0 Å². The van der Waals surface area contributed by atoms with Gasteiger partial charge in [-0.15, -0.1) is 0 Å². The van der Waals surface area contributed by atoms with E-state index in [2.05, 4.69) is 24.4 Å². The molecule has 0 saturated heterocycles. The Labute approximate surface area is 73.3 Å². The number of nitrogens with one attached hydrogen (secondary N) is 1. The van der Waals surface area contributed by atoms with Gasteiger partial charge in [-0.05, 0) is 18.1 Å². The summed E-state index contributed by atoms with van der Waals surface area (Å²) < 4.78 is 0. The fourth-order valence-corrected chi connectivity index (χ4v) is 0.774. The molecule has 1 N–H and O–H groups in total. The number of hydrazone groups is 1. The van der Waals surface area contributed by atoms with Crippen molar-refractivity contribution in [3.8, 4) is 0 Å². The predicted molar refractivity (Wildman–Crippen MR) is 53.4 cm³/mol. The number of para-hydroxylation sites is 1. The first kappa shape index (κ1) is 8.78. The van der Waals surface area contributed by atoms with Crippen molar-refractivity contribution in [1.82, 2.24) is 0 Å². The first-order valence-corrected chi connectivity index (χ1v) is 4.13. The van der Waals surface area contributed by atoms with E-state index in [4.69, 9.17) is 0 Å². The first-order valence-electron chi connectivity index (χ1n) is 4.13. The van der Waals surface area contributed by atoms with Crippen molar-refractivity contribution in [2.24, 2.45) is 11.0 Å². The molecule has 0 radical (unpaired) electrons. The van der Waals surface area contributed by atoms with Crippen LogP contribution in [0.2, 0.25) is 0 Å². The van der Waals surface area contributed by atoms with E-state index in [9.17, 15) is 0 Å². The van der Waals surface area contributed by atoms with Crippen LogP contribution in [0, 0.1) is 5.92 Å². The molecule has 0 atom stereocenters. The molecule has 0 heterocycles. The highest BCUT2D eigenvalue weighted by molar-refractivity contribution is 5.61. The Morgan fingerprint density at radius 2 is 1.92 bits per heavy atom. The van der Waals surface area contributed by atoms with Crippen molar-refractivity contribution in [3.05, 3.63) is 30.3 Å². The summed E-state index contributed by atoms with van der Waals surface area (Å²) in [6.45, 7) is 4.19. The van der Waals surface area contributed by atoms with Gasteiger partial charge in [-0.1, -0.05) is 32.0 Å². The molecule has 1 aromatic carbocycles. The zero-order valence-corrected chi connectivity index (χ0v) is 7.49. The van der Waals surface area contributed by atoms with Crippen molar-refractivity contribution >= 4 is 11.9 Å². The number of hydrogen-bond acceptors (Lipinski definition) is 2. The molecule has 2 heteroatoms. The highest BCUT2D eigenvalue weighted by Crippen LogP contribution is 2.03. The highest BCUT2D eigenvalue weighted by atomic mass is 15.3. The molecule has 0 spiro atoms. The first-order chi connectivity index (χ1) is 5.79. The quantitative estimate of drug-likeness (QED) is 0.536. The molecule has 0 aromatic heterocycles. The van der Waals surface area contributed by atoms with Crippen LogP contribution in [0.3, 0.4) is 0 Å². The molecule has 0 amide bonds. The normalized spacial score (nSPS) is 10.9. The Hall–Kier alpha value is -1.31. The molecule has 0 fully saturated rings. The van der Waals surface area contributed by atoms with Crippen LogP contribution in [-0.2, 0) is 0 Å². The van der Waals surface area contributed by atoms with Gasteiger partial charge in [-0.3, -0.25) is 5.43 Å². The molecule has 1 rings (SSSR count). The molecule has 2 nitrogen and oxygen atoms in total. The molecular weight excluding hydrogens is 148 g/mol. The third kappa shape index (κ3) is 3.19. The van der Waals surface area contributed by atoms with Gasteiger partial charge in [0.25, 0.3) is 0 Å². The SMILES string of the molecule is CC(C)C=NNc1ccccc1. The van der Waals surface area contributed by atoms with E-state index in [-0.39, 0.29) is 0 Å². The van der Waals surface area contributed by atoms with E-state index in [0.717, 1.165) is 5.69 Å². The van der Waals surface area contributed by atoms with Crippen LogP contribution >= 0.6 is 0 Å². The Kier molecular flexibility index (Phi) is 3.33. The van der Waals surface area contributed by atoms with Crippen molar-refractivity contribution in [3.63, 3.8) is 0 Å². The molecular formula is C10H14N2.